The molecule has 2 aromatic rings. The second-order valence-corrected chi connectivity index (χ2v) is 6.77. The van der Waals surface area contributed by atoms with E-state index in [9.17, 15) is 14.4 Å². The second-order valence-electron chi connectivity index (χ2n) is 5.52. The molecule has 0 aromatic heterocycles. The number of nitrogens with one attached hydrogen (secondary N) is 1. The number of aryl methyl sites for hydroxylation is 1. The van der Waals surface area contributed by atoms with Gasteiger partial charge in [0, 0.05) is 20.6 Å². The van der Waals surface area contributed by atoms with E-state index in [2.05, 4.69) is 5.32 Å². The molecule has 1 aliphatic rings. The molecular weight excluding hydrogens is 399 g/mol. The predicted molar refractivity (Wildman–Crippen MR) is 102 cm³/mol. The molecule has 0 radical (unpaired) electrons. The van der Waals surface area contributed by atoms with Crippen molar-refractivity contribution < 1.29 is 14.4 Å². The van der Waals surface area contributed by atoms with E-state index in [1.54, 1.807) is 37.3 Å². The lowest BCUT2D eigenvalue weighted by Crippen LogP contribution is -2.54. The Labute approximate surface area is 164 Å². The van der Waals surface area contributed by atoms with Gasteiger partial charge in [-0.1, -0.05) is 46.9 Å². The highest BCUT2D eigenvalue weighted by atomic mass is 35.5. The summed E-state index contributed by atoms with van der Waals surface area (Å²) >= 11 is 18.2. The number of rotatable bonds is 2. The molecule has 1 saturated heterocycles. The molecule has 1 fully saturated rings. The third-order valence-electron chi connectivity index (χ3n) is 3.80. The molecule has 0 unspecified atom stereocenters. The molecule has 0 spiro atoms. The van der Waals surface area contributed by atoms with E-state index in [0.29, 0.717) is 16.1 Å². The third-order valence-corrected chi connectivity index (χ3v) is 4.70. The Hall–Kier alpha value is -2.34. The lowest BCUT2D eigenvalue weighted by Gasteiger charge is -2.27. The number of barbiturate groups is 1. The highest BCUT2D eigenvalue weighted by Crippen LogP contribution is 2.30. The summed E-state index contributed by atoms with van der Waals surface area (Å²) in [7, 11) is 0. The number of imide groups is 2. The maximum Gasteiger partial charge on any atom is 0.335 e. The van der Waals surface area contributed by atoms with Crippen molar-refractivity contribution in [3.05, 3.63) is 68.2 Å². The topological polar surface area (TPSA) is 66.5 Å². The number of nitrogens with zero attached hydrogens (tertiary/aromatic N) is 1. The fraction of sp³-hybridized carbons (Fsp3) is 0.0556. The van der Waals surface area contributed by atoms with Crippen LogP contribution in [-0.2, 0) is 9.59 Å². The van der Waals surface area contributed by atoms with Crippen LogP contribution < -0.4 is 10.2 Å². The number of benzene rings is 2. The average molecular weight is 410 g/mol. The fourth-order valence-electron chi connectivity index (χ4n) is 2.49. The molecule has 2 aromatic carbocycles. The molecule has 4 amide bonds. The minimum atomic E-state index is -0.854. The number of urea groups is 1. The van der Waals surface area contributed by atoms with Crippen molar-refractivity contribution in [2.75, 3.05) is 4.90 Å². The molecule has 8 heteroatoms. The van der Waals surface area contributed by atoms with Crippen LogP contribution in [0, 0.1) is 6.92 Å². The van der Waals surface area contributed by atoms with Gasteiger partial charge in [0.05, 0.1) is 5.69 Å². The van der Waals surface area contributed by atoms with E-state index in [0.717, 1.165) is 4.90 Å². The highest BCUT2D eigenvalue weighted by molar-refractivity contribution is 6.41. The summed E-state index contributed by atoms with van der Waals surface area (Å²) in [6.07, 6.45) is 1.27. The SMILES string of the molecule is Cc1ccc(Cl)cc1N1C(=O)NC(=O)/C(=C\c2c(Cl)cccc2Cl)C1=O. The second kappa shape index (κ2) is 7.11. The van der Waals surface area contributed by atoms with Crippen LogP contribution >= 0.6 is 34.8 Å². The van der Waals surface area contributed by atoms with E-state index in [4.69, 9.17) is 34.8 Å². The first kappa shape index (κ1) is 18.5. The van der Waals surface area contributed by atoms with Crippen molar-refractivity contribution in [2.24, 2.45) is 0 Å². The minimum absolute atomic E-state index is 0.265. The maximum atomic E-state index is 12.9. The third kappa shape index (κ3) is 3.33. The largest absolute Gasteiger partial charge is 0.335 e. The highest BCUT2D eigenvalue weighted by Gasteiger charge is 2.37. The van der Waals surface area contributed by atoms with Gasteiger partial charge in [-0.15, -0.1) is 0 Å². The molecule has 1 N–H and O–H groups in total. The molecule has 1 aliphatic heterocycles. The van der Waals surface area contributed by atoms with Crippen LogP contribution in [0.1, 0.15) is 11.1 Å². The Balaban J connectivity index is 2.12. The Morgan fingerprint density at radius 2 is 1.65 bits per heavy atom. The summed E-state index contributed by atoms with van der Waals surface area (Å²) in [4.78, 5) is 38.2. The number of carbonyl (C=O) groups is 3. The van der Waals surface area contributed by atoms with Gasteiger partial charge in [0.2, 0.25) is 0 Å². The van der Waals surface area contributed by atoms with Gasteiger partial charge in [-0.3, -0.25) is 14.9 Å². The number of hydrogen-bond donors (Lipinski definition) is 1. The summed E-state index contributed by atoms with van der Waals surface area (Å²) < 4.78 is 0. The van der Waals surface area contributed by atoms with Crippen LogP contribution in [0.15, 0.2) is 42.0 Å². The molecule has 26 heavy (non-hydrogen) atoms. The van der Waals surface area contributed by atoms with Gasteiger partial charge >= 0.3 is 6.03 Å². The summed E-state index contributed by atoms with van der Waals surface area (Å²) in [5.41, 5.74) is 0.969. The van der Waals surface area contributed by atoms with Gasteiger partial charge in [0.1, 0.15) is 5.57 Å². The Kier molecular flexibility index (Phi) is 5.05. The van der Waals surface area contributed by atoms with E-state index in [1.807, 2.05) is 0 Å². The summed E-state index contributed by atoms with van der Waals surface area (Å²) in [6.45, 7) is 1.72. The van der Waals surface area contributed by atoms with Crippen molar-refractivity contribution in [1.29, 1.82) is 0 Å². The van der Waals surface area contributed by atoms with E-state index < -0.39 is 17.8 Å². The van der Waals surface area contributed by atoms with Crippen molar-refractivity contribution in [1.82, 2.24) is 5.32 Å². The summed E-state index contributed by atoms with van der Waals surface area (Å²) in [5, 5.41) is 3.04. The van der Waals surface area contributed by atoms with Crippen LogP contribution in [0.2, 0.25) is 15.1 Å². The minimum Gasteiger partial charge on any atom is -0.273 e. The predicted octanol–water partition coefficient (Wildman–Crippen LogP) is 4.62. The summed E-state index contributed by atoms with van der Waals surface area (Å²) in [5.74, 6) is -1.62. The van der Waals surface area contributed by atoms with Gasteiger partial charge in [-0.25, -0.2) is 9.69 Å². The molecule has 3 rings (SSSR count). The molecule has 5 nitrogen and oxygen atoms in total. The Morgan fingerprint density at radius 1 is 1.00 bits per heavy atom. The normalized spacial score (nSPS) is 16.2. The number of halogens is 3. The van der Waals surface area contributed by atoms with E-state index in [-0.39, 0.29) is 21.3 Å². The lowest BCUT2D eigenvalue weighted by atomic mass is 10.1. The molecule has 1 heterocycles. The van der Waals surface area contributed by atoms with Crippen LogP contribution in [-0.4, -0.2) is 17.8 Å². The van der Waals surface area contributed by atoms with Gasteiger partial charge in [0.15, 0.2) is 0 Å². The number of amides is 4. The average Bonchev–Trinajstić information content (AvgIpc) is 2.56. The van der Waals surface area contributed by atoms with Gasteiger partial charge in [-0.2, -0.15) is 0 Å². The molecular formula is C18H11Cl3N2O3. The van der Waals surface area contributed by atoms with Gasteiger partial charge in [0.25, 0.3) is 11.8 Å². The van der Waals surface area contributed by atoms with Gasteiger partial charge < -0.3 is 0 Å². The zero-order valence-electron chi connectivity index (χ0n) is 13.3. The Morgan fingerprint density at radius 3 is 2.31 bits per heavy atom. The quantitative estimate of drug-likeness (QED) is 0.581. The van der Waals surface area contributed by atoms with E-state index >= 15 is 0 Å². The van der Waals surface area contributed by atoms with Crippen molar-refractivity contribution >= 4 is 64.4 Å². The number of hydrogen-bond acceptors (Lipinski definition) is 3. The zero-order chi connectivity index (χ0) is 19.0. The van der Waals surface area contributed by atoms with Crippen LogP contribution in [0.5, 0.6) is 0 Å². The number of anilines is 1. The fourth-order valence-corrected chi connectivity index (χ4v) is 3.17. The first-order valence-corrected chi connectivity index (χ1v) is 8.54. The van der Waals surface area contributed by atoms with Gasteiger partial charge in [-0.05, 0) is 42.8 Å². The maximum absolute atomic E-state index is 12.9. The molecule has 132 valence electrons. The molecule has 0 saturated carbocycles. The van der Waals surface area contributed by atoms with Crippen molar-refractivity contribution in [3.63, 3.8) is 0 Å². The lowest BCUT2D eigenvalue weighted by molar-refractivity contribution is -0.122. The molecule has 0 atom stereocenters. The Bertz CT molecular complexity index is 965. The monoisotopic (exact) mass is 408 g/mol. The molecule has 0 bridgehead atoms. The standard InChI is InChI=1S/C18H11Cl3N2O3/c1-9-5-6-10(19)7-15(9)23-17(25)12(16(24)22-18(23)26)8-11-13(20)3-2-4-14(11)21/h2-8H,1H3,(H,22,24,26)/b12-8+. The van der Waals surface area contributed by atoms with Crippen LogP contribution in [0.3, 0.4) is 0 Å². The first-order valence-electron chi connectivity index (χ1n) is 7.41. The van der Waals surface area contributed by atoms with Crippen molar-refractivity contribution in [3.8, 4) is 0 Å². The van der Waals surface area contributed by atoms with Crippen LogP contribution in [0.4, 0.5) is 10.5 Å². The number of carbonyl (C=O) groups excluding carboxylic acids is 3. The molecule has 0 aliphatic carbocycles. The summed E-state index contributed by atoms with van der Waals surface area (Å²) in [6, 6.07) is 8.73. The smallest absolute Gasteiger partial charge is 0.273 e. The van der Waals surface area contributed by atoms with E-state index in [1.165, 1.54) is 12.1 Å². The van der Waals surface area contributed by atoms with Crippen LogP contribution in [0.25, 0.3) is 6.08 Å². The zero-order valence-corrected chi connectivity index (χ0v) is 15.6. The van der Waals surface area contributed by atoms with Crippen molar-refractivity contribution in [2.45, 2.75) is 6.92 Å². The first-order chi connectivity index (χ1) is 12.3.